The van der Waals surface area contributed by atoms with Gasteiger partial charge in [-0.25, -0.2) is 4.79 Å². The molecule has 1 aromatic carbocycles. The number of benzene rings is 1. The summed E-state index contributed by atoms with van der Waals surface area (Å²) in [5.74, 6) is -0.209. The lowest BCUT2D eigenvalue weighted by atomic mass is 10.3. The molecule has 0 bridgehead atoms. The molecule has 0 aliphatic heterocycles. The third kappa shape index (κ3) is 4.28. The van der Waals surface area contributed by atoms with Crippen molar-refractivity contribution in [2.75, 3.05) is 0 Å². The zero-order valence-electron chi connectivity index (χ0n) is 9.84. The SMILES string of the molecule is C=C(C)C(=O)OC(Oc1[c]cccc1)C(C)O. The predicted molar refractivity (Wildman–Crippen MR) is 62.3 cm³/mol. The normalized spacial score (nSPS) is 13.6. The van der Waals surface area contributed by atoms with Crippen LogP contribution in [0.3, 0.4) is 0 Å². The zero-order valence-corrected chi connectivity index (χ0v) is 9.84. The maximum Gasteiger partial charge on any atom is 0.336 e. The highest BCUT2D eigenvalue weighted by Gasteiger charge is 2.21. The van der Waals surface area contributed by atoms with Gasteiger partial charge in [0.1, 0.15) is 11.9 Å². The summed E-state index contributed by atoms with van der Waals surface area (Å²) in [5.41, 5.74) is 0.247. The predicted octanol–water partition coefficient (Wildman–Crippen LogP) is 1.69. The standard InChI is InChI=1S/C13H15O4/c1-9(2)12(15)17-13(10(3)14)16-11-7-5-4-6-8-11/h4-7,10,13-14H,1H2,2-3H3. The summed E-state index contributed by atoms with van der Waals surface area (Å²) in [4.78, 5) is 11.3. The van der Waals surface area contributed by atoms with E-state index < -0.39 is 18.4 Å². The van der Waals surface area contributed by atoms with Crippen molar-refractivity contribution >= 4 is 5.97 Å². The molecule has 0 amide bonds. The minimum absolute atomic E-state index is 0.247. The molecule has 4 heteroatoms. The van der Waals surface area contributed by atoms with E-state index in [0.717, 1.165) is 0 Å². The number of aliphatic hydroxyl groups excluding tert-OH is 1. The lowest BCUT2D eigenvalue weighted by Crippen LogP contribution is -2.34. The van der Waals surface area contributed by atoms with Crippen molar-refractivity contribution in [2.45, 2.75) is 26.2 Å². The maximum atomic E-state index is 11.3. The molecule has 0 saturated heterocycles. The van der Waals surface area contributed by atoms with Crippen LogP contribution in [0.4, 0.5) is 0 Å². The van der Waals surface area contributed by atoms with Gasteiger partial charge in [-0.1, -0.05) is 24.8 Å². The first-order valence-electron chi connectivity index (χ1n) is 5.18. The fraction of sp³-hybridized carbons (Fsp3) is 0.308. The number of carbonyl (C=O) groups is 1. The Hall–Kier alpha value is -1.81. The molecular weight excluding hydrogens is 220 g/mol. The van der Waals surface area contributed by atoms with Crippen LogP contribution in [0, 0.1) is 6.07 Å². The Morgan fingerprint density at radius 2 is 2.24 bits per heavy atom. The van der Waals surface area contributed by atoms with Gasteiger partial charge in [-0.2, -0.15) is 0 Å². The molecule has 17 heavy (non-hydrogen) atoms. The zero-order chi connectivity index (χ0) is 12.8. The molecule has 1 radical (unpaired) electrons. The second kappa shape index (κ2) is 6.06. The molecule has 1 aromatic rings. The number of hydrogen-bond donors (Lipinski definition) is 1. The summed E-state index contributed by atoms with van der Waals surface area (Å²) in [7, 11) is 0. The number of hydrogen-bond acceptors (Lipinski definition) is 4. The fourth-order valence-electron chi connectivity index (χ4n) is 1.00. The fourth-order valence-corrected chi connectivity index (χ4v) is 1.00. The monoisotopic (exact) mass is 235 g/mol. The lowest BCUT2D eigenvalue weighted by molar-refractivity contribution is -0.173. The van der Waals surface area contributed by atoms with Crippen molar-refractivity contribution in [1.82, 2.24) is 0 Å². The molecule has 4 nitrogen and oxygen atoms in total. The van der Waals surface area contributed by atoms with Gasteiger partial charge < -0.3 is 14.6 Å². The third-order valence-corrected chi connectivity index (χ3v) is 1.89. The highest BCUT2D eigenvalue weighted by Crippen LogP contribution is 2.13. The molecule has 0 spiro atoms. The van der Waals surface area contributed by atoms with Crippen LogP contribution >= 0.6 is 0 Å². The van der Waals surface area contributed by atoms with E-state index in [1.807, 2.05) is 0 Å². The molecule has 0 saturated carbocycles. The summed E-state index contributed by atoms with van der Waals surface area (Å²) in [6, 6.07) is 9.66. The number of ether oxygens (including phenoxy) is 2. The first-order chi connectivity index (χ1) is 8.00. The summed E-state index contributed by atoms with van der Waals surface area (Å²) in [5, 5.41) is 9.46. The van der Waals surface area contributed by atoms with Gasteiger partial charge in [-0.3, -0.25) is 0 Å². The average molecular weight is 235 g/mol. The summed E-state index contributed by atoms with van der Waals surface area (Å²) in [6.45, 7) is 6.45. The molecule has 2 unspecified atom stereocenters. The van der Waals surface area contributed by atoms with Gasteiger partial charge in [0.15, 0.2) is 0 Å². The van der Waals surface area contributed by atoms with Gasteiger partial charge in [0.25, 0.3) is 6.29 Å². The second-order valence-corrected chi connectivity index (χ2v) is 3.64. The van der Waals surface area contributed by atoms with Crippen LogP contribution in [0.25, 0.3) is 0 Å². The highest BCUT2D eigenvalue weighted by molar-refractivity contribution is 5.87. The van der Waals surface area contributed by atoms with Crippen molar-refractivity contribution in [3.8, 4) is 5.75 Å². The molecule has 0 aliphatic rings. The summed E-state index contributed by atoms with van der Waals surface area (Å²) >= 11 is 0. The Labute approximate surface area is 100 Å². The number of carbonyl (C=O) groups excluding carboxylic acids is 1. The van der Waals surface area contributed by atoms with E-state index in [9.17, 15) is 9.90 Å². The third-order valence-electron chi connectivity index (χ3n) is 1.89. The number of para-hydroxylation sites is 1. The average Bonchev–Trinajstić information content (AvgIpc) is 2.29. The molecule has 0 fully saturated rings. The molecule has 0 heterocycles. The Balaban J connectivity index is 2.67. The molecule has 0 aromatic heterocycles. The van der Waals surface area contributed by atoms with Crippen LogP contribution in [0.2, 0.25) is 0 Å². The minimum Gasteiger partial charge on any atom is -0.451 e. The number of rotatable bonds is 5. The molecule has 2 atom stereocenters. The van der Waals surface area contributed by atoms with E-state index >= 15 is 0 Å². The smallest absolute Gasteiger partial charge is 0.336 e. The van der Waals surface area contributed by atoms with Gasteiger partial charge in [0.2, 0.25) is 0 Å². The first-order valence-corrected chi connectivity index (χ1v) is 5.18. The van der Waals surface area contributed by atoms with E-state index in [0.29, 0.717) is 5.75 Å². The van der Waals surface area contributed by atoms with E-state index in [1.165, 1.54) is 13.8 Å². The van der Waals surface area contributed by atoms with Crippen LogP contribution < -0.4 is 4.74 Å². The van der Waals surface area contributed by atoms with Gasteiger partial charge in [0, 0.05) is 11.6 Å². The van der Waals surface area contributed by atoms with Crippen molar-refractivity contribution in [3.63, 3.8) is 0 Å². The minimum atomic E-state index is -1.07. The number of aliphatic hydroxyl groups is 1. The van der Waals surface area contributed by atoms with Gasteiger partial charge in [-0.15, -0.1) is 0 Å². The van der Waals surface area contributed by atoms with Crippen LogP contribution in [-0.2, 0) is 9.53 Å². The van der Waals surface area contributed by atoms with Gasteiger partial charge in [-0.05, 0) is 19.9 Å². The van der Waals surface area contributed by atoms with Crippen molar-refractivity contribution in [1.29, 1.82) is 0 Å². The highest BCUT2D eigenvalue weighted by atomic mass is 16.7. The quantitative estimate of drug-likeness (QED) is 0.479. The topological polar surface area (TPSA) is 55.8 Å². The molecule has 0 aliphatic carbocycles. The van der Waals surface area contributed by atoms with Crippen LogP contribution in [0.15, 0.2) is 36.4 Å². The van der Waals surface area contributed by atoms with Crippen molar-refractivity contribution in [3.05, 3.63) is 42.5 Å². The first kappa shape index (κ1) is 13.3. The Morgan fingerprint density at radius 3 is 2.71 bits per heavy atom. The van der Waals surface area contributed by atoms with E-state index in [1.54, 1.807) is 24.3 Å². The van der Waals surface area contributed by atoms with Crippen LogP contribution in [0.5, 0.6) is 5.75 Å². The Kier molecular flexibility index (Phi) is 4.72. The van der Waals surface area contributed by atoms with Crippen LogP contribution in [-0.4, -0.2) is 23.5 Å². The van der Waals surface area contributed by atoms with Crippen molar-refractivity contribution < 1.29 is 19.4 Å². The van der Waals surface area contributed by atoms with Crippen LogP contribution in [0.1, 0.15) is 13.8 Å². The molecule has 1 rings (SSSR count). The molecule has 91 valence electrons. The largest absolute Gasteiger partial charge is 0.451 e. The lowest BCUT2D eigenvalue weighted by Gasteiger charge is -2.21. The van der Waals surface area contributed by atoms with Gasteiger partial charge in [0.05, 0.1) is 0 Å². The molecule has 1 N–H and O–H groups in total. The van der Waals surface area contributed by atoms with Gasteiger partial charge >= 0.3 is 5.97 Å². The van der Waals surface area contributed by atoms with E-state index in [4.69, 9.17) is 9.47 Å². The van der Waals surface area contributed by atoms with E-state index in [2.05, 4.69) is 12.6 Å². The van der Waals surface area contributed by atoms with Crippen molar-refractivity contribution in [2.24, 2.45) is 0 Å². The summed E-state index contributed by atoms with van der Waals surface area (Å²) in [6.07, 6.45) is -2.02. The maximum absolute atomic E-state index is 11.3. The Bertz CT molecular complexity index is 384. The second-order valence-electron chi connectivity index (χ2n) is 3.64. The summed E-state index contributed by atoms with van der Waals surface area (Å²) < 4.78 is 10.3. The Morgan fingerprint density at radius 1 is 1.53 bits per heavy atom. The number of esters is 1. The molecular formula is C13H15O4. The van der Waals surface area contributed by atoms with E-state index in [-0.39, 0.29) is 5.57 Å².